The molecule has 5 rings (SSSR count). The second-order valence-corrected chi connectivity index (χ2v) is 7.45. The van der Waals surface area contributed by atoms with E-state index in [-0.39, 0.29) is 17.7 Å². The number of aromatic hydroxyl groups is 1. The summed E-state index contributed by atoms with van der Waals surface area (Å²) in [7, 11) is 0. The minimum absolute atomic E-state index is 0.0415. The Hall–Kier alpha value is -3.07. The van der Waals surface area contributed by atoms with Crippen molar-refractivity contribution in [2.75, 3.05) is 0 Å². The molecule has 0 radical (unpaired) electrons. The highest BCUT2D eigenvalue weighted by molar-refractivity contribution is 5.68. The molecule has 0 spiro atoms. The van der Waals surface area contributed by atoms with Crippen molar-refractivity contribution >= 4 is 0 Å². The van der Waals surface area contributed by atoms with Gasteiger partial charge in [0.15, 0.2) is 12.0 Å². The quantitative estimate of drug-likeness (QED) is 0.702. The van der Waals surface area contributed by atoms with Crippen LogP contribution in [0.5, 0.6) is 11.6 Å². The van der Waals surface area contributed by atoms with E-state index in [4.69, 9.17) is 4.74 Å². The van der Waals surface area contributed by atoms with Crippen molar-refractivity contribution in [1.82, 2.24) is 25.3 Å². The Morgan fingerprint density at radius 2 is 2.07 bits per heavy atom. The first-order valence-corrected chi connectivity index (χ1v) is 9.51. The largest absolute Gasteiger partial charge is 0.507 e. The van der Waals surface area contributed by atoms with E-state index in [1.165, 1.54) is 16.9 Å². The molecule has 1 aromatic carbocycles. The Balaban J connectivity index is 1.32. The second-order valence-electron chi connectivity index (χ2n) is 7.45. The van der Waals surface area contributed by atoms with Gasteiger partial charge in [0.2, 0.25) is 5.88 Å². The van der Waals surface area contributed by atoms with E-state index in [1.807, 2.05) is 0 Å². The fourth-order valence-corrected chi connectivity index (χ4v) is 4.07. The van der Waals surface area contributed by atoms with Crippen LogP contribution >= 0.6 is 0 Å². The van der Waals surface area contributed by atoms with Crippen LogP contribution in [-0.2, 0) is 0 Å². The highest BCUT2D eigenvalue weighted by Crippen LogP contribution is 2.33. The van der Waals surface area contributed by atoms with Crippen LogP contribution in [0, 0.1) is 5.82 Å². The van der Waals surface area contributed by atoms with E-state index >= 15 is 0 Å². The molecule has 2 unspecified atom stereocenters. The Bertz CT molecular complexity index is 1030. The van der Waals surface area contributed by atoms with E-state index in [2.05, 4.69) is 20.6 Å². The average Bonchev–Trinajstić information content (AvgIpc) is 3.33. The van der Waals surface area contributed by atoms with Gasteiger partial charge in [-0.1, -0.05) is 0 Å². The molecule has 2 aromatic heterocycles. The van der Waals surface area contributed by atoms with Crippen LogP contribution in [0.4, 0.5) is 8.78 Å². The monoisotopic (exact) mass is 399 g/mol. The van der Waals surface area contributed by atoms with Crippen molar-refractivity contribution in [2.24, 2.45) is 0 Å². The molecular weight excluding hydrogens is 380 g/mol. The molecule has 7 nitrogen and oxygen atoms in total. The summed E-state index contributed by atoms with van der Waals surface area (Å²) < 4.78 is 34.7. The second kappa shape index (κ2) is 7.07. The predicted octanol–water partition coefficient (Wildman–Crippen LogP) is 2.78. The van der Waals surface area contributed by atoms with Gasteiger partial charge in [0.05, 0.1) is 23.8 Å². The van der Waals surface area contributed by atoms with Crippen LogP contribution in [-0.4, -0.2) is 49.4 Å². The number of piperidine rings is 1. The lowest BCUT2D eigenvalue weighted by Crippen LogP contribution is -2.51. The third-order valence-corrected chi connectivity index (χ3v) is 5.52. The van der Waals surface area contributed by atoms with Crippen LogP contribution < -0.4 is 10.1 Å². The van der Waals surface area contributed by atoms with E-state index in [0.717, 1.165) is 19.0 Å². The predicted molar refractivity (Wildman–Crippen MR) is 100 cm³/mol. The first-order chi connectivity index (χ1) is 14.1. The maximum absolute atomic E-state index is 14.5. The summed E-state index contributed by atoms with van der Waals surface area (Å²) in [6.07, 6.45) is 3.11. The minimum atomic E-state index is -1.07. The number of hydrogen-bond acceptors (Lipinski definition) is 6. The molecule has 0 amide bonds. The Morgan fingerprint density at radius 1 is 1.17 bits per heavy atom. The van der Waals surface area contributed by atoms with Crippen LogP contribution in [0.2, 0.25) is 0 Å². The van der Waals surface area contributed by atoms with Crippen molar-refractivity contribution in [3.8, 4) is 28.6 Å². The number of phenolic OH excluding ortho intramolecular Hbond substituents is 1. The van der Waals surface area contributed by atoms with Gasteiger partial charge in [-0.15, -0.1) is 10.2 Å². The summed E-state index contributed by atoms with van der Waals surface area (Å²) in [5.74, 6) is -0.252. The van der Waals surface area contributed by atoms with Gasteiger partial charge in [-0.05, 0) is 31.0 Å². The van der Waals surface area contributed by atoms with Crippen LogP contribution in [0.3, 0.4) is 0 Å². The molecule has 2 fully saturated rings. The fraction of sp³-hybridized carbons (Fsp3) is 0.350. The molecule has 2 aliphatic rings. The van der Waals surface area contributed by atoms with Crippen molar-refractivity contribution in [2.45, 2.75) is 43.6 Å². The normalized spacial score (nSPS) is 25.9. The standard InChI is InChI=1S/C20H19F2N5O2/c21-11-9-23-27(10-11)13-2-3-14(17(28)8-13)15-5-6-19(26-25-15)29-18-7-12-1-4-16(24-12)20(18)22/h2-3,5-6,8-10,12,16,18,20,24,28H,1,4,7H2/t12?,16?,18-,20+/m0/s1. The first-order valence-electron chi connectivity index (χ1n) is 9.51. The number of ether oxygens (including phenoxy) is 1. The molecule has 3 aromatic rings. The van der Waals surface area contributed by atoms with Gasteiger partial charge < -0.3 is 15.2 Å². The zero-order chi connectivity index (χ0) is 20.0. The van der Waals surface area contributed by atoms with Crippen LogP contribution in [0.25, 0.3) is 16.9 Å². The Kier molecular flexibility index (Phi) is 4.39. The number of halogens is 2. The number of hydrogen-bond donors (Lipinski definition) is 2. The molecule has 4 atom stereocenters. The van der Waals surface area contributed by atoms with Gasteiger partial charge in [0.1, 0.15) is 11.9 Å². The number of rotatable bonds is 4. The number of aromatic nitrogens is 4. The highest BCUT2D eigenvalue weighted by Gasteiger charge is 2.43. The van der Waals surface area contributed by atoms with Crippen molar-refractivity contribution in [3.63, 3.8) is 0 Å². The average molecular weight is 399 g/mol. The summed E-state index contributed by atoms with van der Waals surface area (Å²) >= 11 is 0. The first kappa shape index (κ1) is 18.0. The van der Waals surface area contributed by atoms with E-state index in [0.29, 0.717) is 29.4 Å². The number of fused-ring (bicyclic) bond motifs is 2. The van der Waals surface area contributed by atoms with Gasteiger partial charge in [0, 0.05) is 36.2 Å². The molecule has 0 aliphatic carbocycles. The topological polar surface area (TPSA) is 85.1 Å². The number of nitrogens with one attached hydrogen (secondary N) is 1. The number of phenols is 1. The SMILES string of the molecule is Oc1cc(-n2cc(F)cn2)ccc1-c1ccc(O[C@H]2CC3CCC(N3)[C@H]2F)nn1. The van der Waals surface area contributed by atoms with Crippen molar-refractivity contribution in [3.05, 3.63) is 48.5 Å². The third kappa shape index (κ3) is 3.42. The summed E-state index contributed by atoms with van der Waals surface area (Å²) in [5.41, 5.74) is 1.41. The summed E-state index contributed by atoms with van der Waals surface area (Å²) in [4.78, 5) is 0. The molecule has 0 saturated carbocycles. The molecule has 2 bridgehead atoms. The Labute approximate surface area is 165 Å². The summed E-state index contributed by atoms with van der Waals surface area (Å²) in [6.45, 7) is 0. The lowest BCUT2D eigenvalue weighted by Gasteiger charge is -2.32. The smallest absolute Gasteiger partial charge is 0.233 e. The molecule has 2 aliphatic heterocycles. The van der Waals surface area contributed by atoms with Crippen LogP contribution in [0.15, 0.2) is 42.7 Å². The zero-order valence-electron chi connectivity index (χ0n) is 15.4. The molecule has 2 N–H and O–H groups in total. The van der Waals surface area contributed by atoms with Gasteiger partial charge >= 0.3 is 0 Å². The molecule has 4 heterocycles. The van der Waals surface area contributed by atoms with Gasteiger partial charge in [-0.2, -0.15) is 5.10 Å². The van der Waals surface area contributed by atoms with Crippen molar-refractivity contribution in [1.29, 1.82) is 0 Å². The fourth-order valence-electron chi connectivity index (χ4n) is 4.07. The third-order valence-electron chi connectivity index (χ3n) is 5.52. The lowest BCUT2D eigenvalue weighted by molar-refractivity contribution is 0.0422. The Morgan fingerprint density at radius 3 is 2.79 bits per heavy atom. The van der Waals surface area contributed by atoms with Gasteiger partial charge in [-0.3, -0.25) is 0 Å². The summed E-state index contributed by atoms with van der Waals surface area (Å²) in [5, 5.41) is 25.6. The van der Waals surface area contributed by atoms with Crippen molar-refractivity contribution < 1.29 is 18.6 Å². The highest BCUT2D eigenvalue weighted by atomic mass is 19.1. The number of alkyl halides is 1. The maximum Gasteiger partial charge on any atom is 0.233 e. The van der Waals surface area contributed by atoms with E-state index in [9.17, 15) is 13.9 Å². The maximum atomic E-state index is 14.5. The lowest BCUT2D eigenvalue weighted by atomic mass is 10.0. The molecule has 9 heteroatoms. The van der Waals surface area contributed by atoms with E-state index < -0.39 is 18.1 Å². The summed E-state index contributed by atoms with van der Waals surface area (Å²) in [6, 6.07) is 8.23. The molecule has 150 valence electrons. The van der Waals surface area contributed by atoms with Gasteiger partial charge in [0.25, 0.3) is 0 Å². The molecule has 29 heavy (non-hydrogen) atoms. The van der Waals surface area contributed by atoms with E-state index in [1.54, 1.807) is 24.3 Å². The molecule has 2 saturated heterocycles. The number of nitrogens with zero attached hydrogens (tertiary/aromatic N) is 4. The molecular formula is C20H19F2N5O2. The zero-order valence-corrected chi connectivity index (χ0v) is 15.4. The van der Waals surface area contributed by atoms with Gasteiger partial charge in [-0.25, -0.2) is 13.5 Å². The number of benzene rings is 1. The van der Waals surface area contributed by atoms with Crippen LogP contribution in [0.1, 0.15) is 19.3 Å². The minimum Gasteiger partial charge on any atom is -0.507 e.